The van der Waals surface area contributed by atoms with Crippen LogP contribution in [0.4, 0.5) is 13.2 Å². The lowest BCUT2D eigenvalue weighted by Crippen LogP contribution is -2.59. The molecular weight excluding hydrogens is 393 g/mol. The van der Waals surface area contributed by atoms with Crippen LogP contribution in [-0.4, -0.2) is 37.7 Å². The summed E-state index contributed by atoms with van der Waals surface area (Å²) in [4.78, 5) is 11.9. The normalized spacial score (nSPS) is 21.1. The maximum atomic E-state index is 13.0. The topological polar surface area (TPSA) is 75.3 Å². The van der Waals surface area contributed by atoms with E-state index in [1.165, 1.54) is 19.9 Å². The van der Waals surface area contributed by atoms with Gasteiger partial charge in [-0.05, 0) is 71.7 Å². The monoisotopic (exact) mass is 420 g/mol. The quantitative estimate of drug-likeness (QED) is 0.741. The summed E-state index contributed by atoms with van der Waals surface area (Å²) in [5, 5.41) is 5.78. The second-order valence-electron chi connectivity index (χ2n) is 8.35. The largest absolute Gasteiger partial charge is 0.416 e. The first-order valence-corrected chi connectivity index (χ1v) is 10.5. The van der Waals surface area contributed by atoms with Crippen molar-refractivity contribution >= 4 is 15.7 Å². The molecule has 1 aliphatic carbocycles. The van der Waals surface area contributed by atoms with E-state index in [4.69, 9.17) is 0 Å². The zero-order chi connectivity index (χ0) is 21.5. The Bertz CT molecular complexity index is 842. The highest BCUT2D eigenvalue weighted by Crippen LogP contribution is 2.44. The van der Waals surface area contributed by atoms with Crippen LogP contribution < -0.4 is 10.6 Å². The van der Waals surface area contributed by atoms with Crippen LogP contribution in [0.15, 0.2) is 29.2 Å². The lowest BCUT2D eigenvalue weighted by atomic mass is 9.73. The van der Waals surface area contributed by atoms with E-state index in [1.54, 1.807) is 20.9 Å². The van der Waals surface area contributed by atoms with E-state index in [9.17, 15) is 26.4 Å². The molecule has 1 amide bonds. The average molecular weight is 420 g/mol. The highest BCUT2D eigenvalue weighted by molar-refractivity contribution is 7.92. The molecule has 0 aromatic heterocycles. The number of hydrogen-bond acceptors (Lipinski definition) is 4. The van der Waals surface area contributed by atoms with Crippen LogP contribution in [0.2, 0.25) is 0 Å². The van der Waals surface area contributed by atoms with E-state index in [-0.39, 0.29) is 22.8 Å². The van der Waals surface area contributed by atoms with Gasteiger partial charge in [0.15, 0.2) is 9.84 Å². The third kappa shape index (κ3) is 4.20. The average Bonchev–Trinajstić information content (AvgIpc) is 2.56. The zero-order valence-corrected chi connectivity index (χ0v) is 17.5. The molecule has 0 aliphatic heterocycles. The van der Waals surface area contributed by atoms with Gasteiger partial charge in [-0.1, -0.05) is 6.07 Å². The van der Waals surface area contributed by atoms with E-state index in [2.05, 4.69) is 10.6 Å². The smallest absolute Gasteiger partial charge is 0.352 e. The van der Waals surface area contributed by atoms with Crippen molar-refractivity contribution in [2.75, 3.05) is 7.05 Å². The Kier molecular flexibility index (Phi) is 5.94. The molecule has 1 saturated carbocycles. The molecule has 0 bridgehead atoms. The zero-order valence-electron chi connectivity index (χ0n) is 16.6. The van der Waals surface area contributed by atoms with Crippen molar-refractivity contribution in [3.63, 3.8) is 0 Å². The van der Waals surface area contributed by atoms with E-state index in [0.29, 0.717) is 18.9 Å². The maximum absolute atomic E-state index is 13.0. The highest BCUT2D eigenvalue weighted by Gasteiger charge is 2.49. The van der Waals surface area contributed by atoms with E-state index < -0.39 is 31.9 Å². The number of sulfone groups is 1. The molecule has 0 radical (unpaired) electrons. The molecule has 1 aromatic carbocycles. The third-order valence-electron chi connectivity index (χ3n) is 5.81. The minimum absolute atomic E-state index is 0.152. The Balaban J connectivity index is 2.14. The lowest BCUT2D eigenvalue weighted by molar-refractivity contribution is -0.137. The van der Waals surface area contributed by atoms with Crippen molar-refractivity contribution in [2.24, 2.45) is 5.92 Å². The van der Waals surface area contributed by atoms with Gasteiger partial charge >= 0.3 is 6.18 Å². The predicted octanol–water partition coefficient (Wildman–Crippen LogP) is 3.15. The minimum atomic E-state index is -4.61. The maximum Gasteiger partial charge on any atom is 0.416 e. The van der Waals surface area contributed by atoms with E-state index in [1.807, 2.05) is 0 Å². The van der Waals surface area contributed by atoms with Gasteiger partial charge in [0.1, 0.15) is 0 Å². The minimum Gasteiger partial charge on any atom is -0.352 e. The third-order valence-corrected chi connectivity index (χ3v) is 8.41. The van der Waals surface area contributed by atoms with Crippen molar-refractivity contribution in [3.8, 4) is 0 Å². The van der Waals surface area contributed by atoms with E-state index in [0.717, 1.165) is 12.1 Å². The fourth-order valence-electron chi connectivity index (χ4n) is 3.15. The van der Waals surface area contributed by atoms with Crippen molar-refractivity contribution in [1.29, 1.82) is 0 Å². The SMILES string of the molecule is CNC(C)(C)C(=O)N[C@H]1C[C@@H](C(C)(C)S(=O)(=O)c2cccc(C(F)(F)F)c2)C1. The summed E-state index contributed by atoms with van der Waals surface area (Å²) in [7, 11) is -2.32. The molecule has 0 saturated heterocycles. The summed E-state index contributed by atoms with van der Waals surface area (Å²) in [5.41, 5.74) is -1.73. The van der Waals surface area contributed by atoms with Crippen LogP contribution in [0, 0.1) is 5.92 Å². The molecule has 1 fully saturated rings. The van der Waals surface area contributed by atoms with Crippen molar-refractivity contribution < 1.29 is 26.4 Å². The van der Waals surface area contributed by atoms with Gasteiger partial charge in [0, 0.05) is 6.04 Å². The van der Waals surface area contributed by atoms with Crippen LogP contribution >= 0.6 is 0 Å². The molecule has 5 nitrogen and oxygen atoms in total. The Morgan fingerprint density at radius 1 is 1.11 bits per heavy atom. The van der Waals surface area contributed by atoms with Gasteiger partial charge in [0.2, 0.25) is 5.91 Å². The fraction of sp³-hybridized carbons (Fsp3) is 0.632. The number of carbonyl (C=O) groups is 1. The molecule has 0 atom stereocenters. The van der Waals surface area contributed by atoms with Crippen LogP contribution in [0.1, 0.15) is 46.1 Å². The van der Waals surface area contributed by atoms with Crippen LogP contribution in [-0.2, 0) is 20.8 Å². The molecule has 0 heterocycles. The number of nitrogens with one attached hydrogen (secondary N) is 2. The molecule has 28 heavy (non-hydrogen) atoms. The van der Waals surface area contributed by atoms with Gasteiger partial charge < -0.3 is 10.6 Å². The molecule has 1 aromatic rings. The van der Waals surface area contributed by atoms with Gasteiger partial charge in [0.05, 0.1) is 20.7 Å². The van der Waals surface area contributed by atoms with Gasteiger partial charge in [-0.3, -0.25) is 4.79 Å². The van der Waals surface area contributed by atoms with E-state index >= 15 is 0 Å². The molecule has 2 N–H and O–H groups in total. The van der Waals surface area contributed by atoms with Gasteiger partial charge in [-0.25, -0.2) is 8.42 Å². The number of amides is 1. The first-order valence-electron chi connectivity index (χ1n) is 9.04. The molecule has 0 spiro atoms. The fourth-order valence-corrected chi connectivity index (χ4v) is 4.92. The van der Waals surface area contributed by atoms with Crippen molar-refractivity contribution in [1.82, 2.24) is 10.6 Å². The van der Waals surface area contributed by atoms with Gasteiger partial charge in [-0.2, -0.15) is 13.2 Å². The lowest BCUT2D eigenvalue weighted by Gasteiger charge is -2.45. The predicted molar refractivity (Wildman–Crippen MR) is 101 cm³/mol. The van der Waals surface area contributed by atoms with Gasteiger partial charge in [0.25, 0.3) is 0 Å². The summed E-state index contributed by atoms with van der Waals surface area (Å²) < 4.78 is 63.7. The standard InChI is InChI=1S/C19H27F3N2O3S/c1-17(2,23-5)16(25)24-14-9-13(10-14)18(3,4)28(26,27)15-8-6-7-12(11-15)19(20,21)22/h6-8,11,13-14,23H,9-10H2,1-5H3,(H,24,25)/t13-,14+. The number of alkyl halides is 3. The number of benzene rings is 1. The summed E-state index contributed by atoms with van der Waals surface area (Å²) in [6, 6.07) is 3.69. The summed E-state index contributed by atoms with van der Waals surface area (Å²) in [5.74, 6) is -0.452. The Morgan fingerprint density at radius 2 is 1.68 bits per heavy atom. The number of rotatable bonds is 6. The van der Waals surface area contributed by atoms with Crippen molar-refractivity contribution in [3.05, 3.63) is 29.8 Å². The Hall–Kier alpha value is -1.61. The molecule has 158 valence electrons. The molecule has 1 aliphatic rings. The summed E-state index contributed by atoms with van der Waals surface area (Å²) in [6.07, 6.45) is -3.70. The molecule has 9 heteroatoms. The molecule has 2 rings (SSSR count). The number of likely N-dealkylation sites (N-methyl/N-ethyl adjacent to an activating group) is 1. The van der Waals surface area contributed by atoms with Gasteiger partial charge in [-0.15, -0.1) is 0 Å². The second-order valence-corrected chi connectivity index (χ2v) is 10.9. The Morgan fingerprint density at radius 3 is 2.18 bits per heavy atom. The summed E-state index contributed by atoms with van der Waals surface area (Å²) in [6.45, 7) is 6.53. The highest BCUT2D eigenvalue weighted by atomic mass is 32.2. The summed E-state index contributed by atoms with van der Waals surface area (Å²) >= 11 is 0. The Labute approximate surface area is 164 Å². The molecule has 0 unspecified atom stereocenters. The van der Waals surface area contributed by atoms with Crippen LogP contribution in [0.25, 0.3) is 0 Å². The first kappa shape index (κ1) is 22.7. The van der Waals surface area contributed by atoms with Crippen LogP contribution in [0.3, 0.4) is 0 Å². The second kappa shape index (κ2) is 7.33. The number of carbonyl (C=O) groups excluding carboxylic acids is 1. The first-order chi connectivity index (χ1) is 12.6. The number of halogens is 3. The van der Waals surface area contributed by atoms with Crippen LogP contribution in [0.5, 0.6) is 0 Å². The van der Waals surface area contributed by atoms with Crippen molar-refractivity contribution in [2.45, 2.75) is 67.9 Å². The number of hydrogen-bond donors (Lipinski definition) is 2. The molecular formula is C19H27F3N2O3S.